The van der Waals surface area contributed by atoms with Crippen molar-refractivity contribution >= 4 is 46.0 Å². The number of anilines is 1. The van der Waals surface area contributed by atoms with Crippen molar-refractivity contribution < 1.29 is 9.53 Å². The average molecular weight is 393 g/mol. The number of rotatable bonds is 5. The smallest absolute Gasteiger partial charge is 0.320 e. The van der Waals surface area contributed by atoms with Crippen LogP contribution in [0.2, 0.25) is 10.0 Å². The fourth-order valence-electron chi connectivity index (χ4n) is 2.38. The van der Waals surface area contributed by atoms with E-state index in [0.29, 0.717) is 28.2 Å². The normalized spacial score (nSPS) is 11.0. The molecule has 26 heavy (non-hydrogen) atoms. The number of urea groups is 1. The lowest BCUT2D eigenvalue weighted by Crippen LogP contribution is -2.34. The van der Waals surface area contributed by atoms with E-state index in [1.807, 2.05) is 38.1 Å². The molecule has 1 aromatic heterocycles. The molecule has 0 aliphatic carbocycles. The molecule has 136 valence electrons. The van der Waals surface area contributed by atoms with Crippen LogP contribution in [0.4, 0.5) is 10.6 Å². The monoisotopic (exact) mass is 392 g/mol. The first-order valence-corrected chi connectivity index (χ1v) is 8.80. The molecule has 3 N–H and O–H groups in total. The second-order valence-corrected chi connectivity index (χ2v) is 6.88. The zero-order valence-corrected chi connectivity index (χ0v) is 15.8. The molecule has 8 heteroatoms. The third-order valence-electron chi connectivity index (χ3n) is 3.58. The molecular formula is C18H18Cl2N4O2. The number of carbonyl (C=O) groups is 1. The van der Waals surface area contributed by atoms with Gasteiger partial charge in [-0.15, -0.1) is 0 Å². The summed E-state index contributed by atoms with van der Waals surface area (Å²) in [5.74, 6) is 1.09. The van der Waals surface area contributed by atoms with E-state index in [-0.39, 0.29) is 12.1 Å². The third-order valence-corrected chi connectivity index (χ3v) is 4.31. The first-order chi connectivity index (χ1) is 12.4. The summed E-state index contributed by atoms with van der Waals surface area (Å²) in [5.41, 5.74) is 1.70. The summed E-state index contributed by atoms with van der Waals surface area (Å²) in [6.45, 7) is 4.12. The van der Waals surface area contributed by atoms with E-state index in [4.69, 9.17) is 27.9 Å². The van der Waals surface area contributed by atoms with Gasteiger partial charge in [0.15, 0.2) is 5.82 Å². The minimum Gasteiger partial charge on any atom is -0.489 e. The number of halogens is 2. The number of amides is 2. The Labute approximate surface area is 160 Å². The molecule has 2 aromatic carbocycles. The fourth-order valence-corrected chi connectivity index (χ4v) is 2.70. The van der Waals surface area contributed by atoms with Crippen molar-refractivity contribution in [3.63, 3.8) is 0 Å². The van der Waals surface area contributed by atoms with Crippen LogP contribution in [0.3, 0.4) is 0 Å². The standard InChI is InChI=1S/C18H18Cl2N4O2/c1-10(2)21-18(25)22-17-13-8-12(4-6-16(13)23-24-17)26-9-11-3-5-14(19)15(20)7-11/h3-8,10H,9H2,1-2H3,(H3,21,22,23,24,25). The van der Waals surface area contributed by atoms with Gasteiger partial charge in [-0.1, -0.05) is 29.3 Å². The number of aromatic amines is 1. The number of hydrogen-bond donors (Lipinski definition) is 3. The number of nitrogens with one attached hydrogen (secondary N) is 3. The molecule has 0 saturated carbocycles. The summed E-state index contributed by atoms with van der Waals surface area (Å²) < 4.78 is 5.82. The van der Waals surface area contributed by atoms with E-state index < -0.39 is 0 Å². The van der Waals surface area contributed by atoms with E-state index in [2.05, 4.69) is 20.8 Å². The summed E-state index contributed by atoms with van der Waals surface area (Å²) in [5, 5.41) is 14.3. The lowest BCUT2D eigenvalue weighted by molar-refractivity contribution is 0.250. The summed E-state index contributed by atoms with van der Waals surface area (Å²) in [4.78, 5) is 11.9. The lowest BCUT2D eigenvalue weighted by Gasteiger charge is -2.09. The molecular weight excluding hydrogens is 375 g/mol. The third kappa shape index (κ3) is 4.39. The van der Waals surface area contributed by atoms with Crippen molar-refractivity contribution in [3.8, 4) is 5.75 Å². The maximum absolute atomic E-state index is 11.9. The molecule has 0 saturated heterocycles. The lowest BCUT2D eigenvalue weighted by atomic mass is 10.2. The first-order valence-electron chi connectivity index (χ1n) is 8.05. The van der Waals surface area contributed by atoms with Gasteiger partial charge >= 0.3 is 6.03 Å². The Hall–Kier alpha value is -2.44. The SMILES string of the molecule is CC(C)NC(=O)Nc1n[nH]c2ccc(OCc3ccc(Cl)c(Cl)c3)cc12. The van der Waals surface area contributed by atoms with E-state index in [9.17, 15) is 4.79 Å². The number of benzene rings is 2. The summed E-state index contributed by atoms with van der Waals surface area (Å²) >= 11 is 11.9. The topological polar surface area (TPSA) is 79.0 Å². The van der Waals surface area contributed by atoms with Gasteiger partial charge in [0.1, 0.15) is 12.4 Å². The van der Waals surface area contributed by atoms with Crippen molar-refractivity contribution in [2.45, 2.75) is 26.5 Å². The van der Waals surface area contributed by atoms with Crippen LogP contribution < -0.4 is 15.4 Å². The maximum atomic E-state index is 11.9. The molecule has 0 aliphatic rings. The first kappa shape index (κ1) is 18.4. The highest BCUT2D eigenvalue weighted by Crippen LogP contribution is 2.27. The molecule has 0 atom stereocenters. The van der Waals surface area contributed by atoms with Crippen LogP contribution in [0.25, 0.3) is 10.9 Å². The number of ether oxygens (including phenoxy) is 1. The Morgan fingerprint density at radius 2 is 2.00 bits per heavy atom. The van der Waals surface area contributed by atoms with Crippen molar-refractivity contribution in [1.82, 2.24) is 15.5 Å². The maximum Gasteiger partial charge on any atom is 0.320 e. The number of fused-ring (bicyclic) bond motifs is 1. The second-order valence-electron chi connectivity index (χ2n) is 6.07. The number of hydrogen-bond acceptors (Lipinski definition) is 3. The zero-order valence-electron chi connectivity index (χ0n) is 14.3. The molecule has 2 amide bonds. The van der Waals surface area contributed by atoms with Crippen LogP contribution in [0.15, 0.2) is 36.4 Å². The second kappa shape index (κ2) is 7.85. The summed E-state index contributed by atoms with van der Waals surface area (Å²) in [7, 11) is 0. The Kier molecular flexibility index (Phi) is 5.54. The van der Waals surface area contributed by atoms with Crippen molar-refractivity contribution in [1.29, 1.82) is 0 Å². The molecule has 1 heterocycles. The zero-order chi connectivity index (χ0) is 18.7. The van der Waals surface area contributed by atoms with Gasteiger partial charge in [-0.25, -0.2) is 4.79 Å². The van der Waals surface area contributed by atoms with Gasteiger partial charge < -0.3 is 10.1 Å². The molecule has 0 unspecified atom stereocenters. The van der Waals surface area contributed by atoms with Crippen molar-refractivity contribution in [2.24, 2.45) is 0 Å². The van der Waals surface area contributed by atoms with E-state index in [1.54, 1.807) is 12.1 Å². The van der Waals surface area contributed by atoms with Crippen LogP contribution >= 0.6 is 23.2 Å². The minimum absolute atomic E-state index is 0.0327. The number of carbonyl (C=O) groups excluding carboxylic acids is 1. The van der Waals surface area contributed by atoms with Gasteiger partial charge in [0, 0.05) is 11.4 Å². The minimum atomic E-state index is -0.310. The Morgan fingerprint density at radius 3 is 2.73 bits per heavy atom. The highest BCUT2D eigenvalue weighted by atomic mass is 35.5. The quantitative estimate of drug-likeness (QED) is 0.572. The van der Waals surface area contributed by atoms with Gasteiger partial charge in [0.2, 0.25) is 0 Å². The Balaban J connectivity index is 1.74. The van der Waals surface area contributed by atoms with Gasteiger partial charge in [0.05, 0.1) is 15.6 Å². The van der Waals surface area contributed by atoms with Gasteiger partial charge in [-0.2, -0.15) is 5.10 Å². The van der Waals surface area contributed by atoms with Crippen LogP contribution in [0.5, 0.6) is 5.75 Å². The predicted molar refractivity (Wildman–Crippen MR) is 104 cm³/mol. The van der Waals surface area contributed by atoms with Crippen LogP contribution in [0.1, 0.15) is 19.4 Å². The van der Waals surface area contributed by atoms with E-state index in [0.717, 1.165) is 16.5 Å². The molecule has 3 rings (SSSR count). The molecule has 0 radical (unpaired) electrons. The predicted octanol–water partition coefficient (Wildman–Crippen LogP) is 4.98. The molecule has 0 bridgehead atoms. The van der Waals surface area contributed by atoms with Crippen LogP contribution in [-0.4, -0.2) is 22.3 Å². The van der Waals surface area contributed by atoms with Crippen LogP contribution in [-0.2, 0) is 6.61 Å². The average Bonchev–Trinajstić information content (AvgIpc) is 2.97. The molecule has 3 aromatic rings. The Bertz CT molecular complexity index is 940. The molecule has 6 nitrogen and oxygen atoms in total. The fraction of sp³-hybridized carbons (Fsp3) is 0.222. The van der Waals surface area contributed by atoms with Crippen LogP contribution in [0, 0.1) is 0 Å². The highest BCUT2D eigenvalue weighted by Gasteiger charge is 2.11. The summed E-state index contributed by atoms with van der Waals surface area (Å²) in [6.07, 6.45) is 0. The van der Waals surface area contributed by atoms with E-state index >= 15 is 0 Å². The van der Waals surface area contributed by atoms with Crippen molar-refractivity contribution in [3.05, 3.63) is 52.0 Å². The van der Waals surface area contributed by atoms with Crippen molar-refractivity contribution in [2.75, 3.05) is 5.32 Å². The number of aromatic nitrogens is 2. The number of nitrogens with zero attached hydrogens (tertiary/aromatic N) is 1. The van der Waals surface area contributed by atoms with E-state index in [1.165, 1.54) is 0 Å². The molecule has 0 aliphatic heterocycles. The molecule has 0 fully saturated rings. The Morgan fingerprint density at radius 1 is 1.19 bits per heavy atom. The highest BCUT2D eigenvalue weighted by molar-refractivity contribution is 6.42. The summed E-state index contributed by atoms with van der Waals surface area (Å²) in [6, 6.07) is 10.6. The largest absolute Gasteiger partial charge is 0.489 e. The molecule has 0 spiro atoms. The number of H-pyrrole nitrogens is 1. The van der Waals surface area contributed by atoms with Gasteiger partial charge in [0.25, 0.3) is 0 Å². The van der Waals surface area contributed by atoms with Gasteiger partial charge in [-0.05, 0) is 49.7 Å². The van der Waals surface area contributed by atoms with Gasteiger partial charge in [-0.3, -0.25) is 10.4 Å².